The van der Waals surface area contributed by atoms with E-state index in [-0.39, 0.29) is 18.2 Å². The zero-order valence-corrected chi connectivity index (χ0v) is 12.2. The Balaban J connectivity index is 2.33. The van der Waals surface area contributed by atoms with Gasteiger partial charge in [0.25, 0.3) is 5.91 Å². The van der Waals surface area contributed by atoms with Gasteiger partial charge in [-0.1, -0.05) is 18.2 Å². The average Bonchev–Trinajstić information content (AvgIpc) is 2.45. The van der Waals surface area contributed by atoms with Crippen LogP contribution in [0.3, 0.4) is 0 Å². The van der Waals surface area contributed by atoms with E-state index in [0.717, 1.165) is 5.39 Å². The second kappa shape index (κ2) is 6.54. The normalized spacial score (nSPS) is 12.3. The van der Waals surface area contributed by atoms with Crippen LogP contribution in [-0.4, -0.2) is 23.7 Å². The quantitative estimate of drug-likeness (QED) is 0.825. The molecule has 1 aromatic heterocycles. The maximum absolute atomic E-state index is 12.3. The number of aryl methyl sites for hydroxylation is 1. The van der Waals surface area contributed by atoms with E-state index in [2.05, 4.69) is 5.32 Å². The second-order valence-electron chi connectivity index (χ2n) is 5.13. The Morgan fingerprint density at radius 1 is 1.38 bits per heavy atom. The number of rotatable bonds is 5. The van der Waals surface area contributed by atoms with E-state index in [0.29, 0.717) is 24.0 Å². The molecule has 0 saturated carbocycles. The Kier molecular flexibility index (Phi) is 4.75. The first-order valence-corrected chi connectivity index (χ1v) is 6.98. The summed E-state index contributed by atoms with van der Waals surface area (Å²) in [5.74, 6) is -0.433. The highest BCUT2D eigenvalue weighted by Gasteiger charge is 2.19. The summed E-state index contributed by atoms with van der Waals surface area (Å²) in [5, 5.41) is 12.3. The van der Waals surface area contributed by atoms with Gasteiger partial charge in [-0.15, -0.1) is 0 Å². The van der Waals surface area contributed by atoms with Gasteiger partial charge in [0.15, 0.2) is 0 Å². The maximum atomic E-state index is 12.3. The molecule has 1 heterocycles. The van der Waals surface area contributed by atoms with Gasteiger partial charge in [-0.3, -0.25) is 4.79 Å². The third-order valence-corrected chi connectivity index (χ3v) is 3.47. The zero-order valence-electron chi connectivity index (χ0n) is 12.2. The number of hydrogen-bond acceptors (Lipinski definition) is 4. The Morgan fingerprint density at radius 3 is 2.81 bits per heavy atom. The van der Waals surface area contributed by atoms with Gasteiger partial charge < -0.3 is 14.8 Å². The number of nitrogens with one attached hydrogen (secondary N) is 1. The van der Waals surface area contributed by atoms with Crippen molar-refractivity contribution in [3.8, 4) is 0 Å². The topological polar surface area (TPSA) is 79.5 Å². The van der Waals surface area contributed by atoms with Crippen molar-refractivity contribution in [2.24, 2.45) is 0 Å². The van der Waals surface area contributed by atoms with E-state index < -0.39 is 11.5 Å². The summed E-state index contributed by atoms with van der Waals surface area (Å²) in [6.45, 7) is 3.66. The fraction of sp³-hybridized carbons (Fsp3) is 0.375. The number of para-hydroxylation sites is 1. The fourth-order valence-electron chi connectivity index (χ4n) is 2.33. The number of hydrogen-bond donors (Lipinski definition) is 2. The number of fused-ring (bicyclic) bond motifs is 1. The van der Waals surface area contributed by atoms with Crippen molar-refractivity contribution in [3.05, 3.63) is 45.8 Å². The van der Waals surface area contributed by atoms with Crippen LogP contribution < -0.4 is 10.9 Å². The molecule has 1 aromatic carbocycles. The highest BCUT2D eigenvalue weighted by molar-refractivity contribution is 5.99. The van der Waals surface area contributed by atoms with Gasteiger partial charge in [0.05, 0.1) is 0 Å². The van der Waals surface area contributed by atoms with Gasteiger partial charge in [0.2, 0.25) is 0 Å². The minimum absolute atomic E-state index is 0.0459. The highest BCUT2D eigenvalue weighted by atomic mass is 16.4. The molecule has 0 fully saturated rings. The van der Waals surface area contributed by atoms with Crippen molar-refractivity contribution < 1.29 is 14.3 Å². The summed E-state index contributed by atoms with van der Waals surface area (Å²) in [6, 6.07) is 7.02. The Labute approximate surface area is 122 Å². The van der Waals surface area contributed by atoms with Gasteiger partial charge in [0.1, 0.15) is 11.1 Å². The minimum atomic E-state index is -0.627. The molecule has 0 aliphatic carbocycles. The first kappa shape index (κ1) is 15.3. The molecule has 2 rings (SSSR count). The van der Waals surface area contributed by atoms with Crippen LogP contribution in [0.4, 0.5) is 0 Å². The SMILES string of the molecule is Cc1c(C(=O)NC(C)CCCO)c(=O)oc2ccccc12. The molecule has 0 aliphatic heterocycles. The third-order valence-electron chi connectivity index (χ3n) is 3.47. The van der Waals surface area contributed by atoms with Crippen molar-refractivity contribution in [1.82, 2.24) is 5.32 Å². The van der Waals surface area contributed by atoms with Crippen LogP contribution in [0.2, 0.25) is 0 Å². The molecule has 112 valence electrons. The van der Waals surface area contributed by atoms with Crippen LogP contribution in [-0.2, 0) is 0 Å². The molecule has 1 amide bonds. The van der Waals surface area contributed by atoms with Crippen molar-refractivity contribution >= 4 is 16.9 Å². The van der Waals surface area contributed by atoms with Crippen molar-refractivity contribution in [3.63, 3.8) is 0 Å². The summed E-state index contributed by atoms with van der Waals surface area (Å²) in [6.07, 6.45) is 1.26. The number of carbonyl (C=O) groups is 1. The molecule has 5 nitrogen and oxygen atoms in total. The summed E-state index contributed by atoms with van der Waals surface area (Å²) >= 11 is 0. The fourth-order valence-corrected chi connectivity index (χ4v) is 2.33. The van der Waals surface area contributed by atoms with Gasteiger partial charge in [0, 0.05) is 18.0 Å². The lowest BCUT2D eigenvalue weighted by Gasteiger charge is -2.14. The standard InChI is InChI=1S/C16H19NO4/c1-10(6-5-9-18)17-15(19)14-11(2)12-7-3-4-8-13(12)21-16(14)20/h3-4,7-8,10,18H,5-6,9H2,1-2H3,(H,17,19). The summed E-state index contributed by atoms with van der Waals surface area (Å²) in [5.41, 5.74) is 0.515. The Morgan fingerprint density at radius 2 is 2.10 bits per heavy atom. The molecular weight excluding hydrogens is 270 g/mol. The van der Waals surface area contributed by atoms with Crippen LogP contribution in [0, 0.1) is 6.92 Å². The lowest BCUT2D eigenvalue weighted by atomic mass is 10.0. The van der Waals surface area contributed by atoms with E-state index in [1.54, 1.807) is 19.1 Å². The largest absolute Gasteiger partial charge is 0.422 e. The van der Waals surface area contributed by atoms with Crippen LogP contribution >= 0.6 is 0 Å². The minimum Gasteiger partial charge on any atom is -0.422 e. The maximum Gasteiger partial charge on any atom is 0.349 e. The summed E-state index contributed by atoms with van der Waals surface area (Å²) < 4.78 is 5.20. The molecule has 0 radical (unpaired) electrons. The van der Waals surface area contributed by atoms with E-state index in [1.165, 1.54) is 0 Å². The molecule has 2 N–H and O–H groups in total. The monoisotopic (exact) mass is 289 g/mol. The Bertz CT molecular complexity index is 705. The predicted octanol–water partition coefficient (Wildman–Crippen LogP) is 1.99. The van der Waals surface area contributed by atoms with Crippen molar-refractivity contribution in [2.75, 3.05) is 6.61 Å². The number of aliphatic hydroxyl groups is 1. The number of carbonyl (C=O) groups excluding carboxylic acids is 1. The zero-order chi connectivity index (χ0) is 15.4. The molecule has 1 atom stereocenters. The van der Waals surface area contributed by atoms with Crippen LogP contribution in [0.5, 0.6) is 0 Å². The van der Waals surface area contributed by atoms with E-state index in [1.807, 2.05) is 19.1 Å². The van der Waals surface area contributed by atoms with Crippen molar-refractivity contribution in [2.45, 2.75) is 32.7 Å². The molecule has 0 saturated heterocycles. The van der Waals surface area contributed by atoms with Gasteiger partial charge in [-0.05, 0) is 38.3 Å². The van der Waals surface area contributed by atoms with Crippen LogP contribution in [0.15, 0.2) is 33.5 Å². The predicted molar refractivity (Wildman–Crippen MR) is 80.5 cm³/mol. The molecular formula is C16H19NO4. The molecule has 21 heavy (non-hydrogen) atoms. The van der Waals surface area contributed by atoms with E-state index >= 15 is 0 Å². The lowest BCUT2D eigenvalue weighted by molar-refractivity contribution is 0.0932. The second-order valence-corrected chi connectivity index (χ2v) is 5.13. The Hall–Kier alpha value is -2.14. The van der Waals surface area contributed by atoms with Gasteiger partial charge in [-0.2, -0.15) is 0 Å². The molecule has 0 aliphatic rings. The lowest BCUT2D eigenvalue weighted by Crippen LogP contribution is -2.36. The van der Waals surface area contributed by atoms with E-state index in [4.69, 9.17) is 9.52 Å². The highest BCUT2D eigenvalue weighted by Crippen LogP contribution is 2.18. The molecule has 0 bridgehead atoms. The first-order chi connectivity index (χ1) is 10.0. The third kappa shape index (κ3) is 3.31. The summed E-state index contributed by atoms with van der Waals surface area (Å²) in [7, 11) is 0. The number of amides is 1. The average molecular weight is 289 g/mol. The van der Waals surface area contributed by atoms with E-state index in [9.17, 15) is 9.59 Å². The number of aliphatic hydroxyl groups excluding tert-OH is 1. The first-order valence-electron chi connectivity index (χ1n) is 6.98. The van der Waals surface area contributed by atoms with Gasteiger partial charge >= 0.3 is 5.63 Å². The molecule has 2 aromatic rings. The number of benzene rings is 1. The van der Waals surface area contributed by atoms with Crippen LogP contribution in [0.25, 0.3) is 11.0 Å². The van der Waals surface area contributed by atoms with Crippen molar-refractivity contribution in [1.29, 1.82) is 0 Å². The van der Waals surface area contributed by atoms with Crippen LogP contribution in [0.1, 0.15) is 35.7 Å². The van der Waals surface area contributed by atoms with Gasteiger partial charge in [-0.25, -0.2) is 4.79 Å². The summed E-state index contributed by atoms with van der Waals surface area (Å²) in [4.78, 5) is 24.3. The molecule has 1 unspecified atom stereocenters. The molecule has 5 heteroatoms. The molecule has 0 spiro atoms. The smallest absolute Gasteiger partial charge is 0.349 e.